The third-order valence-corrected chi connectivity index (χ3v) is 5.27. The van der Waals surface area contributed by atoms with E-state index in [4.69, 9.17) is 10.5 Å². The highest BCUT2D eigenvalue weighted by Gasteiger charge is 2.39. The zero-order valence-electron chi connectivity index (χ0n) is 10.9. The number of rotatable bonds is 5. The second-order valence-corrected chi connectivity index (χ2v) is 6.26. The molecule has 0 spiro atoms. The van der Waals surface area contributed by atoms with Crippen molar-refractivity contribution in [1.82, 2.24) is 0 Å². The first kappa shape index (κ1) is 13.1. The van der Waals surface area contributed by atoms with Crippen LogP contribution in [0, 0.1) is 0 Å². The third-order valence-electron chi connectivity index (χ3n) is 4.02. The average Bonchev–Trinajstić information content (AvgIpc) is 2.97. The van der Waals surface area contributed by atoms with Crippen molar-refractivity contribution in [2.24, 2.45) is 5.73 Å². The van der Waals surface area contributed by atoms with Gasteiger partial charge in [0.2, 0.25) is 0 Å². The number of hydrogen-bond acceptors (Lipinski definition) is 3. The van der Waals surface area contributed by atoms with Gasteiger partial charge in [0.1, 0.15) is 0 Å². The maximum absolute atomic E-state index is 6.39. The number of methoxy groups -OCH3 is 1. The predicted molar refractivity (Wildman–Crippen MR) is 73.6 cm³/mol. The highest BCUT2D eigenvalue weighted by molar-refractivity contribution is 7.11. The summed E-state index contributed by atoms with van der Waals surface area (Å²) >= 11 is 1.89. The third kappa shape index (κ3) is 2.72. The summed E-state index contributed by atoms with van der Waals surface area (Å²) in [4.78, 5) is 2.85. The molecule has 1 fully saturated rings. The molecular weight excluding hydrogens is 230 g/mol. The van der Waals surface area contributed by atoms with E-state index in [2.05, 4.69) is 19.1 Å². The normalized spacial score (nSPS) is 20.6. The minimum atomic E-state index is -0.0592. The van der Waals surface area contributed by atoms with Crippen molar-refractivity contribution in [3.8, 4) is 0 Å². The van der Waals surface area contributed by atoms with Crippen LogP contribution in [0.3, 0.4) is 0 Å². The van der Waals surface area contributed by atoms with Crippen molar-refractivity contribution in [1.29, 1.82) is 0 Å². The lowest BCUT2D eigenvalue weighted by Gasteiger charge is -2.33. The molecule has 1 saturated carbocycles. The predicted octanol–water partition coefficient (Wildman–Crippen LogP) is 3.14. The Hall–Kier alpha value is -0.380. The molecule has 1 aromatic heterocycles. The molecule has 1 atom stereocenters. The van der Waals surface area contributed by atoms with Crippen LogP contribution in [0.4, 0.5) is 0 Å². The Labute approximate surface area is 108 Å². The van der Waals surface area contributed by atoms with E-state index in [1.54, 1.807) is 0 Å². The molecule has 0 saturated heterocycles. The second-order valence-electron chi connectivity index (χ2n) is 5.01. The van der Waals surface area contributed by atoms with Crippen LogP contribution < -0.4 is 5.73 Å². The molecule has 1 unspecified atom stereocenters. The van der Waals surface area contributed by atoms with Crippen LogP contribution in [0.25, 0.3) is 0 Å². The highest BCUT2D eigenvalue weighted by Crippen LogP contribution is 2.36. The fourth-order valence-electron chi connectivity index (χ4n) is 2.82. The van der Waals surface area contributed by atoms with Crippen LogP contribution in [0.5, 0.6) is 0 Å². The summed E-state index contributed by atoms with van der Waals surface area (Å²) in [6.07, 6.45) is 6.83. The monoisotopic (exact) mass is 253 g/mol. The molecule has 2 rings (SSSR count). The molecule has 1 heterocycles. The molecule has 1 aliphatic carbocycles. The molecule has 0 aromatic carbocycles. The van der Waals surface area contributed by atoms with Gasteiger partial charge in [-0.2, -0.15) is 0 Å². The van der Waals surface area contributed by atoms with Crippen LogP contribution >= 0.6 is 11.3 Å². The smallest absolute Gasteiger partial charge is 0.0832 e. The Morgan fingerprint density at radius 2 is 2.00 bits per heavy atom. The Balaban J connectivity index is 2.02. The van der Waals surface area contributed by atoms with Gasteiger partial charge in [-0.05, 0) is 37.8 Å². The minimum Gasteiger partial charge on any atom is -0.377 e. The van der Waals surface area contributed by atoms with Gasteiger partial charge in [-0.25, -0.2) is 0 Å². The lowest BCUT2D eigenvalue weighted by molar-refractivity contribution is -0.0251. The van der Waals surface area contributed by atoms with Gasteiger partial charge < -0.3 is 10.5 Å². The van der Waals surface area contributed by atoms with Gasteiger partial charge in [0.25, 0.3) is 0 Å². The van der Waals surface area contributed by atoms with Crippen LogP contribution in [-0.4, -0.2) is 18.8 Å². The Kier molecular flexibility index (Phi) is 4.23. The zero-order valence-corrected chi connectivity index (χ0v) is 11.7. The van der Waals surface area contributed by atoms with Gasteiger partial charge in [-0.1, -0.05) is 19.8 Å². The number of thiophene rings is 1. The van der Waals surface area contributed by atoms with Crippen molar-refractivity contribution in [2.45, 2.75) is 57.1 Å². The van der Waals surface area contributed by atoms with E-state index in [0.717, 1.165) is 25.7 Å². The minimum absolute atomic E-state index is 0.0592. The molecule has 17 heavy (non-hydrogen) atoms. The van der Waals surface area contributed by atoms with Crippen molar-refractivity contribution >= 4 is 11.3 Å². The molecule has 1 aromatic rings. The average molecular weight is 253 g/mol. The summed E-state index contributed by atoms with van der Waals surface area (Å²) in [7, 11) is 1.82. The summed E-state index contributed by atoms with van der Waals surface area (Å²) < 4.78 is 5.75. The molecule has 3 heteroatoms. The summed E-state index contributed by atoms with van der Waals surface area (Å²) in [5.74, 6) is 0. The molecule has 1 aliphatic rings. The van der Waals surface area contributed by atoms with Gasteiger partial charge in [0.05, 0.1) is 5.60 Å². The first-order valence-electron chi connectivity index (χ1n) is 6.58. The zero-order chi connectivity index (χ0) is 12.3. The van der Waals surface area contributed by atoms with E-state index >= 15 is 0 Å². The summed E-state index contributed by atoms with van der Waals surface area (Å²) in [6.45, 7) is 2.20. The van der Waals surface area contributed by atoms with Gasteiger partial charge in [-0.3, -0.25) is 0 Å². The van der Waals surface area contributed by atoms with E-state index in [0.29, 0.717) is 0 Å². The van der Waals surface area contributed by atoms with Gasteiger partial charge >= 0.3 is 0 Å². The maximum Gasteiger partial charge on any atom is 0.0832 e. The largest absolute Gasteiger partial charge is 0.377 e. The van der Waals surface area contributed by atoms with Crippen LogP contribution in [0.15, 0.2) is 12.1 Å². The Morgan fingerprint density at radius 3 is 2.53 bits per heavy atom. The van der Waals surface area contributed by atoms with Gasteiger partial charge in [0, 0.05) is 22.9 Å². The first-order chi connectivity index (χ1) is 8.20. The number of aryl methyl sites for hydroxylation is 1. The van der Waals surface area contributed by atoms with E-state index in [1.165, 1.54) is 22.6 Å². The second kappa shape index (κ2) is 5.51. The van der Waals surface area contributed by atoms with Crippen molar-refractivity contribution in [2.75, 3.05) is 7.11 Å². The molecular formula is C14H23NOS. The topological polar surface area (TPSA) is 35.2 Å². The quantitative estimate of drug-likeness (QED) is 0.875. The molecule has 0 radical (unpaired) electrons. The lowest BCUT2D eigenvalue weighted by Crippen LogP contribution is -2.48. The van der Waals surface area contributed by atoms with Gasteiger partial charge in [0.15, 0.2) is 0 Å². The Bertz CT molecular complexity index is 355. The van der Waals surface area contributed by atoms with E-state index in [9.17, 15) is 0 Å². The van der Waals surface area contributed by atoms with Crippen molar-refractivity contribution in [3.63, 3.8) is 0 Å². The summed E-state index contributed by atoms with van der Waals surface area (Å²) in [6, 6.07) is 4.58. The summed E-state index contributed by atoms with van der Waals surface area (Å²) in [5, 5.41) is 0. The molecule has 0 bridgehead atoms. The fourth-order valence-corrected chi connectivity index (χ4v) is 3.84. The maximum atomic E-state index is 6.39. The first-order valence-corrected chi connectivity index (χ1v) is 7.40. The van der Waals surface area contributed by atoms with E-state index < -0.39 is 0 Å². The number of ether oxygens (including phenoxy) is 1. The fraction of sp³-hybridized carbons (Fsp3) is 0.714. The summed E-state index contributed by atoms with van der Waals surface area (Å²) in [5.41, 5.74) is 6.33. The van der Waals surface area contributed by atoms with Crippen molar-refractivity contribution in [3.05, 3.63) is 21.9 Å². The highest BCUT2D eigenvalue weighted by atomic mass is 32.1. The molecule has 0 aliphatic heterocycles. The van der Waals surface area contributed by atoms with Gasteiger partial charge in [-0.15, -0.1) is 11.3 Å². The number of nitrogens with two attached hydrogens (primary N) is 1. The molecule has 0 amide bonds. The van der Waals surface area contributed by atoms with Crippen LogP contribution in [0.1, 0.15) is 42.4 Å². The van der Waals surface area contributed by atoms with Crippen LogP contribution in [0.2, 0.25) is 0 Å². The van der Waals surface area contributed by atoms with Crippen LogP contribution in [-0.2, 0) is 17.6 Å². The lowest BCUT2D eigenvalue weighted by atomic mass is 9.90. The van der Waals surface area contributed by atoms with E-state index in [-0.39, 0.29) is 11.6 Å². The standard InChI is InChI=1S/C14H23NOS/c1-3-11-6-7-12(17-11)10-13(15)14(16-2)8-4-5-9-14/h6-7,13H,3-5,8-10,15H2,1-2H3. The SMILES string of the molecule is CCc1ccc(CC(N)C2(OC)CCCC2)s1. The molecule has 2 nitrogen and oxygen atoms in total. The Morgan fingerprint density at radius 1 is 1.35 bits per heavy atom. The van der Waals surface area contributed by atoms with E-state index in [1.807, 2.05) is 18.4 Å². The van der Waals surface area contributed by atoms with Crippen molar-refractivity contribution < 1.29 is 4.74 Å². The molecule has 2 N–H and O–H groups in total. The molecule has 96 valence electrons. The number of hydrogen-bond donors (Lipinski definition) is 1.